The van der Waals surface area contributed by atoms with Crippen molar-refractivity contribution in [2.75, 3.05) is 0 Å². The molecule has 2 aromatic rings. The van der Waals surface area contributed by atoms with E-state index in [9.17, 15) is 14.5 Å². The average Bonchev–Trinajstić information content (AvgIpc) is 2.42. The molecule has 0 atom stereocenters. The maximum atomic E-state index is 13.5. The lowest BCUT2D eigenvalue weighted by atomic mass is 10.2. The van der Waals surface area contributed by atoms with Crippen molar-refractivity contribution < 1.29 is 9.31 Å². The predicted octanol–water partition coefficient (Wildman–Crippen LogP) is 4.82. The third-order valence-electron chi connectivity index (χ3n) is 2.69. The lowest BCUT2D eigenvalue weighted by Crippen LogP contribution is -1.90. The second-order valence-electron chi connectivity index (χ2n) is 4.15. The third-order valence-corrected chi connectivity index (χ3v) is 3.98. The Morgan fingerprint density at radius 2 is 1.85 bits per heavy atom. The summed E-state index contributed by atoms with van der Waals surface area (Å²) < 4.78 is 13.5. The van der Waals surface area contributed by atoms with Gasteiger partial charge in [-0.1, -0.05) is 29.8 Å². The SMILES string of the molecule is O=[N+]([O-])c1ccc(CSCc2ccc(Cl)cc2F)cc1. The van der Waals surface area contributed by atoms with Crippen molar-refractivity contribution in [1.29, 1.82) is 0 Å². The highest BCUT2D eigenvalue weighted by Gasteiger charge is 2.05. The molecule has 0 aliphatic rings. The summed E-state index contributed by atoms with van der Waals surface area (Å²) in [5.74, 6) is 0.883. The zero-order valence-corrected chi connectivity index (χ0v) is 12.0. The highest BCUT2D eigenvalue weighted by Crippen LogP contribution is 2.23. The van der Waals surface area contributed by atoms with Crippen molar-refractivity contribution >= 4 is 29.1 Å². The number of thioether (sulfide) groups is 1. The minimum atomic E-state index is -0.431. The number of rotatable bonds is 5. The molecule has 20 heavy (non-hydrogen) atoms. The van der Waals surface area contributed by atoms with Crippen LogP contribution in [0.5, 0.6) is 0 Å². The van der Waals surface area contributed by atoms with Gasteiger partial charge in [0.05, 0.1) is 4.92 Å². The smallest absolute Gasteiger partial charge is 0.258 e. The first kappa shape index (κ1) is 14.8. The number of hydrogen-bond acceptors (Lipinski definition) is 3. The molecule has 0 spiro atoms. The molecule has 6 heteroatoms. The molecule has 0 unspecified atom stereocenters. The molecule has 2 aromatic carbocycles. The van der Waals surface area contributed by atoms with Crippen molar-refractivity contribution in [1.82, 2.24) is 0 Å². The Hall–Kier alpha value is -1.59. The largest absolute Gasteiger partial charge is 0.269 e. The van der Waals surface area contributed by atoms with Gasteiger partial charge in [0.2, 0.25) is 0 Å². The van der Waals surface area contributed by atoms with Gasteiger partial charge in [-0.25, -0.2) is 4.39 Å². The molecule has 0 aromatic heterocycles. The molecule has 0 saturated carbocycles. The van der Waals surface area contributed by atoms with E-state index in [1.165, 1.54) is 18.2 Å². The molecule has 0 N–H and O–H groups in total. The maximum absolute atomic E-state index is 13.5. The van der Waals surface area contributed by atoms with Crippen LogP contribution in [0, 0.1) is 15.9 Å². The van der Waals surface area contributed by atoms with Gasteiger partial charge in [-0.15, -0.1) is 0 Å². The van der Waals surface area contributed by atoms with Crippen LogP contribution in [0.1, 0.15) is 11.1 Å². The summed E-state index contributed by atoms with van der Waals surface area (Å²) in [6, 6.07) is 11.0. The number of nitro groups is 1. The Morgan fingerprint density at radius 3 is 2.45 bits per heavy atom. The average molecular weight is 312 g/mol. The Morgan fingerprint density at radius 1 is 1.15 bits per heavy atom. The normalized spacial score (nSPS) is 10.5. The molecule has 0 radical (unpaired) electrons. The Kier molecular flexibility index (Phi) is 4.98. The fraction of sp³-hybridized carbons (Fsp3) is 0.143. The minimum Gasteiger partial charge on any atom is -0.258 e. The standard InChI is InChI=1S/C14H11ClFNO2S/c15-12-4-3-11(14(16)7-12)9-20-8-10-1-5-13(6-2-10)17(18)19/h1-7H,8-9H2. The Labute approximate surface area is 124 Å². The number of benzene rings is 2. The monoisotopic (exact) mass is 311 g/mol. The van der Waals surface area contributed by atoms with Crippen molar-refractivity contribution in [3.63, 3.8) is 0 Å². The minimum absolute atomic E-state index is 0.0718. The van der Waals surface area contributed by atoms with Crippen LogP contribution in [0.2, 0.25) is 5.02 Å². The molecule has 3 nitrogen and oxygen atoms in total. The van der Waals surface area contributed by atoms with E-state index >= 15 is 0 Å². The quantitative estimate of drug-likeness (QED) is 0.587. The van der Waals surface area contributed by atoms with Crippen LogP contribution >= 0.6 is 23.4 Å². The Balaban J connectivity index is 1.91. The van der Waals surface area contributed by atoms with E-state index in [2.05, 4.69) is 0 Å². The van der Waals surface area contributed by atoms with Crippen LogP contribution in [0.3, 0.4) is 0 Å². The van der Waals surface area contributed by atoms with Gasteiger partial charge < -0.3 is 0 Å². The summed E-state index contributed by atoms with van der Waals surface area (Å²) >= 11 is 7.23. The van der Waals surface area contributed by atoms with Crippen molar-refractivity contribution in [3.8, 4) is 0 Å². The van der Waals surface area contributed by atoms with E-state index in [0.29, 0.717) is 22.1 Å². The molecular formula is C14H11ClFNO2S. The zero-order valence-electron chi connectivity index (χ0n) is 10.4. The van der Waals surface area contributed by atoms with Gasteiger partial charge >= 0.3 is 0 Å². The van der Waals surface area contributed by atoms with Gasteiger partial charge in [0.15, 0.2) is 0 Å². The first-order chi connectivity index (χ1) is 9.56. The topological polar surface area (TPSA) is 43.1 Å². The number of non-ortho nitro benzene ring substituents is 1. The van der Waals surface area contributed by atoms with Crippen molar-refractivity contribution in [2.45, 2.75) is 11.5 Å². The lowest BCUT2D eigenvalue weighted by Gasteiger charge is -2.04. The summed E-state index contributed by atoms with van der Waals surface area (Å²) in [6.07, 6.45) is 0. The van der Waals surface area contributed by atoms with Crippen LogP contribution in [-0.4, -0.2) is 4.92 Å². The fourth-order valence-electron chi connectivity index (χ4n) is 1.63. The third kappa shape index (κ3) is 3.95. The van der Waals surface area contributed by atoms with Gasteiger partial charge in [0.1, 0.15) is 5.82 Å². The molecule has 0 aliphatic carbocycles. The maximum Gasteiger partial charge on any atom is 0.269 e. The molecule has 0 amide bonds. The van der Waals surface area contributed by atoms with Crippen molar-refractivity contribution in [2.24, 2.45) is 0 Å². The first-order valence-electron chi connectivity index (χ1n) is 5.81. The molecule has 0 fully saturated rings. The molecular weight excluding hydrogens is 301 g/mol. The molecule has 0 heterocycles. The number of halogens is 2. The molecule has 104 valence electrons. The van der Waals surface area contributed by atoms with Gasteiger partial charge in [-0.05, 0) is 23.3 Å². The second-order valence-corrected chi connectivity index (χ2v) is 5.57. The number of nitrogens with zero attached hydrogens (tertiary/aromatic N) is 1. The highest BCUT2D eigenvalue weighted by atomic mass is 35.5. The summed E-state index contributed by atoms with van der Waals surface area (Å²) in [5.41, 5.74) is 1.64. The van der Waals surface area contributed by atoms with E-state index < -0.39 is 4.92 Å². The van der Waals surface area contributed by atoms with Crippen LogP contribution < -0.4 is 0 Å². The molecule has 0 aliphatic heterocycles. The summed E-state index contributed by atoms with van der Waals surface area (Å²) in [5, 5.41) is 10.9. The van der Waals surface area contributed by atoms with Gasteiger partial charge in [0, 0.05) is 28.7 Å². The van der Waals surface area contributed by atoms with E-state index in [1.807, 2.05) is 0 Å². The summed E-state index contributed by atoms with van der Waals surface area (Å²) in [4.78, 5) is 10.1. The number of hydrogen-bond donors (Lipinski definition) is 0. The first-order valence-corrected chi connectivity index (χ1v) is 7.34. The Bertz CT molecular complexity index is 619. The molecule has 0 bridgehead atoms. The van der Waals surface area contributed by atoms with Crippen LogP contribution in [0.4, 0.5) is 10.1 Å². The highest BCUT2D eigenvalue weighted by molar-refractivity contribution is 7.97. The van der Waals surface area contributed by atoms with E-state index in [-0.39, 0.29) is 11.5 Å². The second kappa shape index (κ2) is 6.72. The molecule has 0 saturated heterocycles. The van der Waals surface area contributed by atoms with Gasteiger partial charge in [-0.2, -0.15) is 11.8 Å². The van der Waals surface area contributed by atoms with Crippen molar-refractivity contribution in [3.05, 3.63) is 74.5 Å². The fourth-order valence-corrected chi connectivity index (χ4v) is 2.77. The summed E-state index contributed by atoms with van der Waals surface area (Å²) in [6.45, 7) is 0. The van der Waals surface area contributed by atoms with Crippen LogP contribution in [0.25, 0.3) is 0 Å². The van der Waals surface area contributed by atoms with E-state index in [4.69, 9.17) is 11.6 Å². The van der Waals surface area contributed by atoms with Crippen LogP contribution in [0.15, 0.2) is 42.5 Å². The van der Waals surface area contributed by atoms with Gasteiger partial charge in [-0.3, -0.25) is 10.1 Å². The van der Waals surface area contributed by atoms with E-state index in [0.717, 1.165) is 5.56 Å². The number of nitro benzene ring substituents is 1. The molecule has 2 rings (SSSR count). The van der Waals surface area contributed by atoms with E-state index in [1.54, 1.807) is 36.0 Å². The predicted molar refractivity (Wildman–Crippen MR) is 79.5 cm³/mol. The summed E-state index contributed by atoms with van der Waals surface area (Å²) in [7, 11) is 0. The van der Waals surface area contributed by atoms with Crippen LogP contribution in [-0.2, 0) is 11.5 Å². The zero-order chi connectivity index (χ0) is 14.5. The lowest BCUT2D eigenvalue weighted by molar-refractivity contribution is -0.384. The van der Waals surface area contributed by atoms with Gasteiger partial charge in [0.25, 0.3) is 5.69 Å².